The second kappa shape index (κ2) is 7.27. The number of hydrogen-bond acceptors (Lipinski definition) is 3. The molecule has 0 bridgehead atoms. The van der Waals surface area contributed by atoms with Crippen molar-refractivity contribution in [1.82, 2.24) is 10.9 Å². The van der Waals surface area contributed by atoms with Gasteiger partial charge in [0, 0.05) is 4.47 Å². The number of rotatable bonds is 5. The Balaban J connectivity index is 1.54. The molecule has 2 amide bonds. The van der Waals surface area contributed by atoms with Crippen LogP contribution in [0.2, 0.25) is 0 Å². The van der Waals surface area contributed by atoms with Gasteiger partial charge in [-0.05, 0) is 43.5 Å². The van der Waals surface area contributed by atoms with E-state index in [4.69, 9.17) is 4.74 Å². The maximum Gasteiger partial charge on any atom is 0.279 e. The van der Waals surface area contributed by atoms with E-state index in [1.165, 1.54) is 0 Å². The molecule has 0 aliphatic heterocycles. The summed E-state index contributed by atoms with van der Waals surface area (Å²) < 4.78 is 6.45. The number of ether oxygens (including phenoxy) is 1. The summed E-state index contributed by atoms with van der Waals surface area (Å²) >= 11 is 3.35. The van der Waals surface area contributed by atoms with Crippen molar-refractivity contribution in [3.05, 3.63) is 64.6 Å². The monoisotopic (exact) mass is 402 g/mol. The van der Waals surface area contributed by atoms with E-state index >= 15 is 0 Å². The molecule has 0 heterocycles. The minimum Gasteiger partial charge on any atom is -0.481 e. The Bertz CT molecular complexity index is 775. The highest BCUT2D eigenvalue weighted by Gasteiger charge is 2.51. The first-order valence-corrected chi connectivity index (χ1v) is 8.89. The zero-order chi connectivity index (χ0) is 17.9. The molecule has 2 aromatic rings. The Labute approximate surface area is 154 Å². The molecule has 0 radical (unpaired) electrons. The van der Waals surface area contributed by atoms with Crippen LogP contribution in [0.4, 0.5) is 0 Å². The van der Waals surface area contributed by atoms with E-state index < -0.39 is 17.4 Å². The molecule has 130 valence electrons. The van der Waals surface area contributed by atoms with Crippen molar-refractivity contribution < 1.29 is 14.3 Å². The molecule has 1 unspecified atom stereocenters. The SMILES string of the molecule is CC(Oc1cccc(Br)c1)C(=O)NNC(=O)C1(c2ccccc2)CC1. The maximum absolute atomic E-state index is 12.5. The first-order valence-electron chi connectivity index (χ1n) is 8.09. The third-order valence-electron chi connectivity index (χ3n) is 4.29. The van der Waals surface area contributed by atoms with E-state index in [9.17, 15) is 9.59 Å². The summed E-state index contributed by atoms with van der Waals surface area (Å²) in [6, 6.07) is 16.9. The average molecular weight is 403 g/mol. The molecule has 0 spiro atoms. The fraction of sp³-hybridized carbons (Fsp3) is 0.263. The summed E-state index contributed by atoms with van der Waals surface area (Å²) in [4.78, 5) is 24.6. The topological polar surface area (TPSA) is 67.4 Å². The summed E-state index contributed by atoms with van der Waals surface area (Å²) in [6.45, 7) is 1.63. The minimum atomic E-state index is -0.735. The molecule has 0 saturated heterocycles. The number of amides is 2. The van der Waals surface area contributed by atoms with Gasteiger partial charge in [-0.2, -0.15) is 0 Å². The van der Waals surface area contributed by atoms with Gasteiger partial charge < -0.3 is 4.74 Å². The van der Waals surface area contributed by atoms with Crippen LogP contribution in [0, 0.1) is 0 Å². The third-order valence-corrected chi connectivity index (χ3v) is 4.78. The summed E-state index contributed by atoms with van der Waals surface area (Å²) in [6.07, 6.45) is 0.826. The zero-order valence-electron chi connectivity index (χ0n) is 13.8. The molecule has 1 aliphatic carbocycles. The number of benzene rings is 2. The van der Waals surface area contributed by atoms with E-state index in [0.717, 1.165) is 22.9 Å². The molecule has 25 heavy (non-hydrogen) atoms. The molecule has 2 aromatic carbocycles. The standard InChI is InChI=1S/C19H19BrN2O3/c1-13(25-16-9-5-8-15(20)12-16)17(23)21-22-18(24)19(10-11-19)14-6-3-2-4-7-14/h2-9,12-13H,10-11H2,1H3,(H,21,23)(H,22,24). The molecule has 0 aromatic heterocycles. The van der Waals surface area contributed by atoms with E-state index in [1.54, 1.807) is 19.1 Å². The van der Waals surface area contributed by atoms with E-state index in [2.05, 4.69) is 26.8 Å². The summed E-state index contributed by atoms with van der Waals surface area (Å²) in [7, 11) is 0. The van der Waals surface area contributed by atoms with E-state index in [0.29, 0.717) is 5.75 Å². The molecule has 3 rings (SSSR count). The van der Waals surface area contributed by atoms with Gasteiger partial charge in [-0.1, -0.05) is 52.3 Å². The Kier molecular flexibility index (Phi) is 5.08. The van der Waals surface area contributed by atoms with Crippen molar-refractivity contribution in [2.45, 2.75) is 31.3 Å². The lowest BCUT2D eigenvalue weighted by molar-refractivity contribution is -0.133. The van der Waals surface area contributed by atoms with Crippen LogP contribution in [0.15, 0.2) is 59.1 Å². The number of carbonyl (C=O) groups excluding carboxylic acids is 2. The van der Waals surface area contributed by atoms with Crippen molar-refractivity contribution in [3.63, 3.8) is 0 Å². The van der Waals surface area contributed by atoms with Crippen LogP contribution in [-0.4, -0.2) is 17.9 Å². The van der Waals surface area contributed by atoms with Crippen molar-refractivity contribution in [2.24, 2.45) is 0 Å². The summed E-state index contributed by atoms with van der Waals surface area (Å²) in [5, 5.41) is 0. The van der Waals surface area contributed by atoms with Crippen LogP contribution in [-0.2, 0) is 15.0 Å². The van der Waals surface area contributed by atoms with E-state index in [1.807, 2.05) is 42.5 Å². The average Bonchev–Trinajstić information content (AvgIpc) is 3.42. The van der Waals surface area contributed by atoms with Gasteiger partial charge >= 0.3 is 0 Å². The molecule has 1 saturated carbocycles. The van der Waals surface area contributed by atoms with Crippen LogP contribution in [0.1, 0.15) is 25.3 Å². The van der Waals surface area contributed by atoms with Gasteiger partial charge in [-0.3, -0.25) is 20.4 Å². The fourth-order valence-corrected chi connectivity index (χ4v) is 3.04. The number of nitrogens with one attached hydrogen (secondary N) is 2. The van der Waals surface area contributed by atoms with Crippen LogP contribution >= 0.6 is 15.9 Å². The minimum absolute atomic E-state index is 0.193. The van der Waals surface area contributed by atoms with Crippen molar-refractivity contribution in [3.8, 4) is 5.75 Å². The van der Waals surface area contributed by atoms with Crippen molar-refractivity contribution in [1.29, 1.82) is 0 Å². The summed E-state index contributed by atoms with van der Waals surface area (Å²) in [5.41, 5.74) is 5.44. The number of carbonyl (C=O) groups is 2. The second-order valence-electron chi connectivity index (χ2n) is 6.11. The highest BCUT2D eigenvalue weighted by Crippen LogP contribution is 2.48. The molecule has 5 nitrogen and oxygen atoms in total. The highest BCUT2D eigenvalue weighted by atomic mass is 79.9. The van der Waals surface area contributed by atoms with Gasteiger partial charge in [0.15, 0.2) is 6.10 Å². The quantitative estimate of drug-likeness (QED) is 0.755. The van der Waals surface area contributed by atoms with Gasteiger partial charge in [-0.25, -0.2) is 0 Å². The van der Waals surface area contributed by atoms with Crippen LogP contribution in [0.5, 0.6) is 5.75 Å². The van der Waals surface area contributed by atoms with Gasteiger partial charge in [0.1, 0.15) is 5.75 Å². The maximum atomic E-state index is 12.5. The largest absolute Gasteiger partial charge is 0.481 e. The van der Waals surface area contributed by atoms with Crippen LogP contribution < -0.4 is 15.6 Å². The predicted molar refractivity (Wildman–Crippen MR) is 97.9 cm³/mol. The molecule has 1 atom stereocenters. The smallest absolute Gasteiger partial charge is 0.279 e. The lowest BCUT2D eigenvalue weighted by Crippen LogP contribution is -2.50. The molecular weight excluding hydrogens is 384 g/mol. The Morgan fingerprint density at radius 1 is 1.08 bits per heavy atom. The first kappa shape index (κ1) is 17.5. The normalized spacial score (nSPS) is 15.8. The van der Waals surface area contributed by atoms with Gasteiger partial charge in [-0.15, -0.1) is 0 Å². The lowest BCUT2D eigenvalue weighted by Gasteiger charge is -2.18. The third kappa shape index (κ3) is 4.02. The number of halogens is 1. The Morgan fingerprint density at radius 2 is 1.80 bits per heavy atom. The Morgan fingerprint density at radius 3 is 2.44 bits per heavy atom. The Hall–Kier alpha value is -2.34. The molecular formula is C19H19BrN2O3. The van der Waals surface area contributed by atoms with Gasteiger partial charge in [0.05, 0.1) is 5.41 Å². The highest BCUT2D eigenvalue weighted by molar-refractivity contribution is 9.10. The van der Waals surface area contributed by atoms with Crippen molar-refractivity contribution >= 4 is 27.7 Å². The van der Waals surface area contributed by atoms with Gasteiger partial charge in [0.2, 0.25) is 5.91 Å². The molecule has 1 aliphatic rings. The van der Waals surface area contributed by atoms with E-state index in [-0.39, 0.29) is 5.91 Å². The molecule has 1 fully saturated rings. The summed E-state index contributed by atoms with van der Waals surface area (Å²) in [5.74, 6) is -0.0230. The lowest BCUT2D eigenvalue weighted by atomic mass is 9.95. The predicted octanol–water partition coefficient (Wildman–Crippen LogP) is 3.10. The zero-order valence-corrected chi connectivity index (χ0v) is 15.4. The molecule has 2 N–H and O–H groups in total. The molecule has 6 heteroatoms. The number of hydrogen-bond donors (Lipinski definition) is 2. The van der Waals surface area contributed by atoms with Gasteiger partial charge in [0.25, 0.3) is 5.91 Å². The van der Waals surface area contributed by atoms with Crippen LogP contribution in [0.25, 0.3) is 0 Å². The van der Waals surface area contributed by atoms with Crippen LogP contribution in [0.3, 0.4) is 0 Å². The number of hydrazine groups is 1. The van der Waals surface area contributed by atoms with Crippen molar-refractivity contribution in [2.75, 3.05) is 0 Å². The second-order valence-corrected chi connectivity index (χ2v) is 7.02. The first-order chi connectivity index (χ1) is 12.0. The fourth-order valence-electron chi connectivity index (χ4n) is 2.67.